The summed E-state index contributed by atoms with van der Waals surface area (Å²) < 4.78 is 0. The fourth-order valence-electron chi connectivity index (χ4n) is 2.70. The SMILES string of the molecule is O=C(N[C@@H]1C=C[C@H](CO)C1)c1ccc(CSc2ccccc2)cc1. The number of rotatable bonds is 6. The molecule has 3 nitrogen and oxygen atoms in total. The van der Waals surface area contributed by atoms with E-state index in [1.54, 1.807) is 11.8 Å². The Hall–Kier alpha value is -2.04. The number of hydrogen-bond acceptors (Lipinski definition) is 3. The highest BCUT2D eigenvalue weighted by Crippen LogP contribution is 2.22. The summed E-state index contributed by atoms with van der Waals surface area (Å²) in [5.41, 5.74) is 1.87. The lowest BCUT2D eigenvalue weighted by atomic mass is 10.1. The van der Waals surface area contributed by atoms with Crippen molar-refractivity contribution in [2.24, 2.45) is 5.92 Å². The van der Waals surface area contributed by atoms with Gasteiger partial charge in [0.1, 0.15) is 0 Å². The molecule has 0 spiro atoms. The van der Waals surface area contributed by atoms with E-state index >= 15 is 0 Å². The average Bonchev–Trinajstić information content (AvgIpc) is 3.09. The maximum Gasteiger partial charge on any atom is 0.251 e. The van der Waals surface area contributed by atoms with Crippen LogP contribution in [0.15, 0.2) is 71.6 Å². The molecule has 0 aromatic heterocycles. The first-order valence-electron chi connectivity index (χ1n) is 8.11. The molecule has 1 aliphatic carbocycles. The number of hydrogen-bond donors (Lipinski definition) is 2. The van der Waals surface area contributed by atoms with E-state index in [2.05, 4.69) is 17.4 Å². The first-order chi connectivity index (χ1) is 11.7. The molecule has 1 aliphatic rings. The van der Waals surface area contributed by atoms with Crippen molar-refractivity contribution in [2.75, 3.05) is 6.61 Å². The molecule has 0 heterocycles. The highest BCUT2D eigenvalue weighted by molar-refractivity contribution is 7.98. The maximum atomic E-state index is 12.3. The van der Waals surface area contributed by atoms with E-state index in [0.29, 0.717) is 5.56 Å². The molecule has 0 bridgehead atoms. The zero-order chi connectivity index (χ0) is 16.8. The van der Waals surface area contributed by atoms with Crippen LogP contribution in [0.1, 0.15) is 22.3 Å². The molecular weight excluding hydrogens is 318 g/mol. The summed E-state index contributed by atoms with van der Waals surface area (Å²) in [5.74, 6) is 0.980. The van der Waals surface area contributed by atoms with E-state index in [-0.39, 0.29) is 24.5 Å². The summed E-state index contributed by atoms with van der Waals surface area (Å²) in [7, 11) is 0. The van der Waals surface area contributed by atoms with Gasteiger partial charge in [-0.1, -0.05) is 42.5 Å². The molecule has 2 atom stereocenters. The van der Waals surface area contributed by atoms with Gasteiger partial charge in [0.15, 0.2) is 0 Å². The Morgan fingerprint density at radius 3 is 2.50 bits per heavy atom. The van der Waals surface area contributed by atoms with Crippen LogP contribution in [0.2, 0.25) is 0 Å². The van der Waals surface area contributed by atoms with Crippen molar-refractivity contribution < 1.29 is 9.90 Å². The van der Waals surface area contributed by atoms with Crippen LogP contribution < -0.4 is 5.32 Å². The summed E-state index contributed by atoms with van der Waals surface area (Å²) in [5, 5.41) is 12.1. The van der Waals surface area contributed by atoms with Gasteiger partial charge < -0.3 is 10.4 Å². The van der Waals surface area contributed by atoms with Crippen LogP contribution in [0.5, 0.6) is 0 Å². The Morgan fingerprint density at radius 2 is 1.83 bits per heavy atom. The predicted octanol–water partition coefficient (Wildman–Crippen LogP) is 3.65. The molecule has 0 aliphatic heterocycles. The first-order valence-corrected chi connectivity index (χ1v) is 9.10. The number of amides is 1. The second kappa shape index (κ2) is 8.18. The summed E-state index contributed by atoms with van der Waals surface area (Å²) in [6, 6.07) is 18.1. The molecule has 4 heteroatoms. The topological polar surface area (TPSA) is 49.3 Å². The lowest BCUT2D eigenvalue weighted by Gasteiger charge is -2.13. The maximum absolute atomic E-state index is 12.3. The third-order valence-electron chi connectivity index (χ3n) is 4.09. The zero-order valence-corrected chi connectivity index (χ0v) is 14.2. The lowest BCUT2D eigenvalue weighted by Crippen LogP contribution is -2.32. The Morgan fingerprint density at radius 1 is 1.08 bits per heavy atom. The van der Waals surface area contributed by atoms with E-state index in [1.807, 2.05) is 54.6 Å². The molecule has 1 amide bonds. The van der Waals surface area contributed by atoms with Crippen LogP contribution in [-0.4, -0.2) is 23.7 Å². The number of carbonyl (C=O) groups excluding carboxylic acids is 1. The molecule has 0 fully saturated rings. The summed E-state index contributed by atoms with van der Waals surface area (Å²) >= 11 is 1.78. The second-order valence-corrected chi connectivity index (χ2v) is 6.99. The van der Waals surface area contributed by atoms with Gasteiger partial charge in [-0.15, -0.1) is 11.8 Å². The summed E-state index contributed by atoms with van der Waals surface area (Å²) in [6.07, 6.45) is 4.70. The van der Waals surface area contributed by atoms with Gasteiger partial charge in [0, 0.05) is 34.8 Å². The van der Waals surface area contributed by atoms with Crippen molar-refractivity contribution in [3.8, 4) is 0 Å². The van der Waals surface area contributed by atoms with Gasteiger partial charge in [-0.25, -0.2) is 0 Å². The highest BCUT2D eigenvalue weighted by atomic mass is 32.2. The minimum Gasteiger partial charge on any atom is -0.396 e. The summed E-state index contributed by atoms with van der Waals surface area (Å²) in [4.78, 5) is 13.5. The third-order valence-corrected chi connectivity index (χ3v) is 5.17. The van der Waals surface area contributed by atoms with Crippen LogP contribution in [0.3, 0.4) is 0 Å². The normalized spacial score (nSPS) is 19.4. The van der Waals surface area contributed by atoms with Crippen LogP contribution in [0.4, 0.5) is 0 Å². The van der Waals surface area contributed by atoms with E-state index in [9.17, 15) is 4.79 Å². The molecule has 0 radical (unpaired) electrons. The van der Waals surface area contributed by atoms with Crippen molar-refractivity contribution in [1.82, 2.24) is 5.32 Å². The number of benzene rings is 2. The minimum absolute atomic E-state index is 0.0166. The molecule has 3 rings (SSSR count). The van der Waals surface area contributed by atoms with Gasteiger partial charge in [0.2, 0.25) is 0 Å². The van der Waals surface area contributed by atoms with Crippen molar-refractivity contribution >= 4 is 17.7 Å². The van der Waals surface area contributed by atoms with E-state index in [0.717, 1.165) is 12.2 Å². The Kier molecular flexibility index (Phi) is 5.72. The quantitative estimate of drug-likeness (QED) is 0.624. The largest absolute Gasteiger partial charge is 0.396 e. The standard InChI is InChI=1S/C20H21NO2S/c22-13-16-8-11-18(12-16)21-20(23)17-9-6-15(7-10-17)14-24-19-4-2-1-3-5-19/h1-11,16,18,22H,12-14H2,(H,21,23)/t16-,18+/m0/s1. The highest BCUT2D eigenvalue weighted by Gasteiger charge is 2.20. The third kappa shape index (κ3) is 4.49. The smallest absolute Gasteiger partial charge is 0.251 e. The van der Waals surface area contributed by atoms with Crippen LogP contribution in [-0.2, 0) is 5.75 Å². The van der Waals surface area contributed by atoms with E-state index in [4.69, 9.17) is 5.11 Å². The van der Waals surface area contributed by atoms with E-state index in [1.165, 1.54) is 10.5 Å². The van der Waals surface area contributed by atoms with E-state index < -0.39 is 0 Å². The predicted molar refractivity (Wildman–Crippen MR) is 98.0 cm³/mol. The molecule has 0 saturated carbocycles. The van der Waals surface area contributed by atoms with Gasteiger partial charge in [-0.05, 0) is 36.2 Å². The fraction of sp³-hybridized carbons (Fsp3) is 0.250. The van der Waals surface area contributed by atoms with Crippen LogP contribution in [0, 0.1) is 5.92 Å². The van der Waals surface area contributed by atoms with Crippen molar-refractivity contribution in [1.29, 1.82) is 0 Å². The van der Waals surface area contributed by atoms with Gasteiger partial charge in [-0.2, -0.15) is 0 Å². The van der Waals surface area contributed by atoms with Crippen LogP contribution in [0.25, 0.3) is 0 Å². The van der Waals surface area contributed by atoms with Crippen molar-refractivity contribution in [2.45, 2.75) is 23.1 Å². The number of carbonyl (C=O) groups is 1. The summed E-state index contributed by atoms with van der Waals surface area (Å²) in [6.45, 7) is 0.136. The molecule has 24 heavy (non-hydrogen) atoms. The number of aliphatic hydroxyl groups is 1. The minimum atomic E-state index is -0.0643. The Bertz CT molecular complexity index is 697. The lowest BCUT2D eigenvalue weighted by molar-refractivity contribution is 0.0941. The van der Waals surface area contributed by atoms with Crippen LogP contribution >= 0.6 is 11.8 Å². The Labute approximate surface area is 146 Å². The number of thioether (sulfide) groups is 1. The monoisotopic (exact) mass is 339 g/mol. The molecular formula is C20H21NO2S. The fourth-order valence-corrected chi connectivity index (χ4v) is 3.58. The molecule has 2 aromatic carbocycles. The molecule has 2 aromatic rings. The molecule has 0 unspecified atom stereocenters. The second-order valence-electron chi connectivity index (χ2n) is 5.94. The Balaban J connectivity index is 1.52. The molecule has 0 saturated heterocycles. The van der Waals surface area contributed by atoms with Crippen molar-refractivity contribution in [3.05, 3.63) is 77.9 Å². The number of aliphatic hydroxyl groups excluding tert-OH is 1. The average molecular weight is 339 g/mol. The van der Waals surface area contributed by atoms with Gasteiger partial charge in [0.05, 0.1) is 0 Å². The zero-order valence-electron chi connectivity index (χ0n) is 13.4. The first kappa shape index (κ1) is 16.8. The van der Waals surface area contributed by atoms with Crippen molar-refractivity contribution in [3.63, 3.8) is 0 Å². The number of nitrogens with one attached hydrogen (secondary N) is 1. The van der Waals surface area contributed by atoms with Gasteiger partial charge in [0.25, 0.3) is 5.91 Å². The molecule has 2 N–H and O–H groups in total. The van der Waals surface area contributed by atoms with Gasteiger partial charge >= 0.3 is 0 Å². The molecule has 124 valence electrons. The van der Waals surface area contributed by atoms with Gasteiger partial charge in [-0.3, -0.25) is 4.79 Å².